The van der Waals surface area contributed by atoms with E-state index in [2.05, 4.69) is 0 Å². The smallest absolute Gasteiger partial charge is 0.326 e. The van der Waals surface area contributed by atoms with Crippen LogP contribution in [0.25, 0.3) is 0 Å². The third-order valence-corrected chi connectivity index (χ3v) is 5.13. The predicted octanol–water partition coefficient (Wildman–Crippen LogP) is 2.59. The molecule has 0 aliphatic carbocycles. The highest BCUT2D eigenvalue weighted by molar-refractivity contribution is 7.92. The van der Waals surface area contributed by atoms with Gasteiger partial charge in [0.25, 0.3) is 10.0 Å². The lowest BCUT2D eigenvalue weighted by Crippen LogP contribution is -2.36. The van der Waals surface area contributed by atoms with E-state index in [4.69, 9.17) is 9.47 Å². The minimum Gasteiger partial charge on any atom is -0.497 e. The molecule has 0 bridgehead atoms. The van der Waals surface area contributed by atoms with Gasteiger partial charge in [0.1, 0.15) is 18.1 Å². The van der Waals surface area contributed by atoms with Crippen LogP contribution in [-0.2, 0) is 19.6 Å². The molecule has 2 aromatic carbocycles. The fraction of sp³-hybridized carbons (Fsp3) is 0.235. The van der Waals surface area contributed by atoms with Gasteiger partial charge in [-0.25, -0.2) is 12.8 Å². The summed E-state index contributed by atoms with van der Waals surface area (Å²) in [6, 6.07) is 10.6. The van der Waals surface area contributed by atoms with Gasteiger partial charge in [-0.1, -0.05) is 0 Å². The average molecular weight is 367 g/mol. The molecule has 134 valence electrons. The largest absolute Gasteiger partial charge is 0.497 e. The standard InChI is InChI=1S/C17H18FNO5S/c1-3-24-17(20)12-19(14-6-4-13(18)5-7-14)25(21,22)16-10-8-15(23-2)9-11-16/h4-11H,3,12H2,1-2H3. The van der Waals surface area contributed by atoms with Gasteiger partial charge in [0.15, 0.2) is 0 Å². The van der Waals surface area contributed by atoms with E-state index in [-0.39, 0.29) is 17.2 Å². The number of anilines is 1. The van der Waals surface area contributed by atoms with Crippen LogP contribution >= 0.6 is 0 Å². The zero-order valence-corrected chi connectivity index (χ0v) is 14.6. The van der Waals surface area contributed by atoms with Gasteiger partial charge < -0.3 is 9.47 Å². The number of carbonyl (C=O) groups excluding carboxylic acids is 1. The van der Waals surface area contributed by atoms with Crippen LogP contribution in [0.3, 0.4) is 0 Å². The Bertz CT molecular complexity index is 819. The lowest BCUT2D eigenvalue weighted by molar-refractivity contribution is -0.141. The maximum atomic E-state index is 13.2. The minimum atomic E-state index is -4.05. The van der Waals surface area contributed by atoms with Crippen molar-refractivity contribution in [3.8, 4) is 5.75 Å². The first-order valence-electron chi connectivity index (χ1n) is 7.46. The molecule has 0 aromatic heterocycles. The summed E-state index contributed by atoms with van der Waals surface area (Å²) in [5, 5.41) is 0. The summed E-state index contributed by atoms with van der Waals surface area (Å²) in [6.07, 6.45) is 0. The molecule has 0 aliphatic heterocycles. The van der Waals surface area contributed by atoms with Crippen molar-refractivity contribution in [3.05, 3.63) is 54.3 Å². The van der Waals surface area contributed by atoms with E-state index in [1.165, 1.54) is 43.5 Å². The summed E-state index contributed by atoms with van der Waals surface area (Å²) in [4.78, 5) is 11.8. The Morgan fingerprint density at radius 2 is 1.68 bits per heavy atom. The van der Waals surface area contributed by atoms with Crippen molar-refractivity contribution in [2.24, 2.45) is 0 Å². The molecule has 0 fully saturated rings. The van der Waals surface area contributed by atoms with Gasteiger partial charge in [-0.2, -0.15) is 0 Å². The summed E-state index contributed by atoms with van der Waals surface area (Å²) in [5.41, 5.74) is 0.158. The van der Waals surface area contributed by atoms with Crippen LogP contribution in [-0.4, -0.2) is 34.6 Å². The summed E-state index contributed by atoms with van der Waals surface area (Å²) >= 11 is 0. The Balaban J connectivity index is 2.44. The number of benzene rings is 2. The highest BCUT2D eigenvalue weighted by atomic mass is 32.2. The van der Waals surface area contributed by atoms with Crippen LogP contribution in [0.1, 0.15) is 6.92 Å². The Morgan fingerprint density at radius 3 is 2.20 bits per heavy atom. The van der Waals surface area contributed by atoms with Crippen molar-refractivity contribution in [2.75, 3.05) is 24.6 Å². The molecule has 0 N–H and O–H groups in total. The number of halogens is 1. The fourth-order valence-corrected chi connectivity index (χ4v) is 3.53. The molecule has 0 saturated heterocycles. The molecule has 0 saturated carbocycles. The SMILES string of the molecule is CCOC(=O)CN(c1ccc(F)cc1)S(=O)(=O)c1ccc(OC)cc1. The first-order chi connectivity index (χ1) is 11.9. The molecule has 0 amide bonds. The van der Waals surface area contributed by atoms with Crippen LogP contribution < -0.4 is 9.04 Å². The second-order valence-electron chi connectivity index (χ2n) is 4.97. The summed E-state index contributed by atoms with van der Waals surface area (Å²) < 4.78 is 49.8. The van der Waals surface area contributed by atoms with Crippen molar-refractivity contribution in [2.45, 2.75) is 11.8 Å². The van der Waals surface area contributed by atoms with Gasteiger partial charge >= 0.3 is 5.97 Å². The number of esters is 1. The highest BCUT2D eigenvalue weighted by Crippen LogP contribution is 2.25. The fourth-order valence-electron chi connectivity index (χ4n) is 2.12. The molecule has 0 unspecified atom stereocenters. The van der Waals surface area contributed by atoms with Crippen molar-refractivity contribution < 1.29 is 27.1 Å². The Hall–Kier alpha value is -2.61. The maximum absolute atomic E-state index is 13.2. The second kappa shape index (κ2) is 7.98. The van der Waals surface area contributed by atoms with Gasteiger partial charge in [-0.15, -0.1) is 0 Å². The Kier molecular flexibility index (Phi) is 5.97. The molecule has 0 spiro atoms. The van der Waals surface area contributed by atoms with Crippen molar-refractivity contribution in [1.82, 2.24) is 0 Å². The van der Waals surface area contributed by atoms with Crippen molar-refractivity contribution >= 4 is 21.7 Å². The topological polar surface area (TPSA) is 72.9 Å². The number of carbonyl (C=O) groups is 1. The molecule has 8 heteroatoms. The van der Waals surface area contributed by atoms with E-state index in [1.807, 2.05) is 0 Å². The third-order valence-electron chi connectivity index (χ3n) is 3.34. The molecular weight excluding hydrogens is 349 g/mol. The van der Waals surface area contributed by atoms with E-state index in [0.717, 1.165) is 16.4 Å². The predicted molar refractivity (Wildman–Crippen MR) is 90.6 cm³/mol. The molecule has 25 heavy (non-hydrogen) atoms. The molecule has 0 aliphatic rings. The summed E-state index contributed by atoms with van der Waals surface area (Å²) in [7, 11) is -2.58. The highest BCUT2D eigenvalue weighted by Gasteiger charge is 2.27. The first kappa shape index (κ1) is 18.7. The minimum absolute atomic E-state index is 0.0260. The zero-order valence-electron chi connectivity index (χ0n) is 13.8. The van der Waals surface area contributed by atoms with E-state index >= 15 is 0 Å². The lowest BCUT2D eigenvalue weighted by Gasteiger charge is -2.23. The maximum Gasteiger partial charge on any atom is 0.326 e. The number of ether oxygens (including phenoxy) is 2. The number of hydrogen-bond acceptors (Lipinski definition) is 5. The second-order valence-corrected chi connectivity index (χ2v) is 6.83. The number of rotatable bonds is 7. The van der Waals surface area contributed by atoms with Crippen LogP contribution in [0.5, 0.6) is 5.75 Å². The molecular formula is C17H18FNO5S. The van der Waals surface area contributed by atoms with Crippen molar-refractivity contribution in [1.29, 1.82) is 0 Å². The van der Waals surface area contributed by atoms with Gasteiger partial charge in [-0.3, -0.25) is 9.10 Å². The van der Waals surface area contributed by atoms with E-state index in [1.54, 1.807) is 6.92 Å². The van der Waals surface area contributed by atoms with E-state index in [0.29, 0.717) is 5.75 Å². The van der Waals surface area contributed by atoms with E-state index < -0.39 is 28.4 Å². The van der Waals surface area contributed by atoms with Crippen LogP contribution in [0.15, 0.2) is 53.4 Å². The van der Waals surface area contributed by atoms with Gasteiger partial charge in [0, 0.05) is 0 Å². The van der Waals surface area contributed by atoms with E-state index in [9.17, 15) is 17.6 Å². The molecule has 0 radical (unpaired) electrons. The number of hydrogen-bond donors (Lipinski definition) is 0. The average Bonchev–Trinajstić information content (AvgIpc) is 2.61. The van der Waals surface area contributed by atoms with Crippen LogP contribution in [0, 0.1) is 5.82 Å². The Labute approximate surface area is 145 Å². The lowest BCUT2D eigenvalue weighted by atomic mass is 10.3. The zero-order chi connectivity index (χ0) is 18.4. The van der Waals surface area contributed by atoms with Gasteiger partial charge in [0.2, 0.25) is 0 Å². The molecule has 0 atom stereocenters. The Morgan fingerprint density at radius 1 is 1.08 bits per heavy atom. The molecule has 2 aromatic rings. The molecule has 0 heterocycles. The third kappa shape index (κ3) is 4.48. The number of methoxy groups -OCH3 is 1. The van der Waals surface area contributed by atoms with Gasteiger partial charge in [-0.05, 0) is 55.5 Å². The molecule has 2 rings (SSSR count). The number of sulfonamides is 1. The van der Waals surface area contributed by atoms with Crippen LogP contribution in [0.4, 0.5) is 10.1 Å². The number of nitrogens with zero attached hydrogens (tertiary/aromatic N) is 1. The normalized spacial score (nSPS) is 11.0. The summed E-state index contributed by atoms with van der Waals surface area (Å²) in [5.74, 6) is -0.719. The van der Waals surface area contributed by atoms with Crippen LogP contribution in [0.2, 0.25) is 0 Å². The molecule has 6 nitrogen and oxygen atoms in total. The summed E-state index contributed by atoms with van der Waals surface area (Å²) in [6.45, 7) is 1.23. The van der Waals surface area contributed by atoms with Gasteiger partial charge in [0.05, 0.1) is 24.3 Å². The van der Waals surface area contributed by atoms with Crippen molar-refractivity contribution in [3.63, 3.8) is 0 Å². The quantitative estimate of drug-likeness (QED) is 0.704. The first-order valence-corrected chi connectivity index (χ1v) is 8.90. The monoisotopic (exact) mass is 367 g/mol.